The highest BCUT2D eigenvalue weighted by Crippen LogP contribution is 2.35. The van der Waals surface area contributed by atoms with E-state index in [1.165, 1.54) is 37.7 Å². The van der Waals surface area contributed by atoms with Crippen LogP contribution >= 0.6 is 15.9 Å². The van der Waals surface area contributed by atoms with Crippen LogP contribution in [-0.2, 0) is 16.1 Å². The molecule has 1 aliphatic rings. The fourth-order valence-corrected chi connectivity index (χ4v) is 4.70. The van der Waals surface area contributed by atoms with Gasteiger partial charge >= 0.3 is 0 Å². The van der Waals surface area contributed by atoms with Crippen LogP contribution in [0.5, 0.6) is 0 Å². The van der Waals surface area contributed by atoms with E-state index in [-0.39, 0.29) is 30.7 Å². The van der Waals surface area contributed by atoms with Crippen molar-refractivity contribution in [2.24, 2.45) is 17.8 Å². The van der Waals surface area contributed by atoms with Crippen molar-refractivity contribution < 1.29 is 14.6 Å². The second-order valence-corrected chi connectivity index (χ2v) is 8.44. The van der Waals surface area contributed by atoms with E-state index in [2.05, 4.69) is 41.9 Å². The van der Waals surface area contributed by atoms with Gasteiger partial charge in [0.1, 0.15) is 0 Å². The smallest absolute Gasteiger partial charge is 0.0721 e. The molecule has 1 aromatic rings. The lowest BCUT2D eigenvalue weighted by Gasteiger charge is -2.39. The van der Waals surface area contributed by atoms with E-state index in [9.17, 15) is 5.11 Å². The van der Waals surface area contributed by atoms with E-state index < -0.39 is 0 Å². The molecule has 1 aliphatic carbocycles. The summed E-state index contributed by atoms with van der Waals surface area (Å²) in [6.07, 6.45) is 6.57. The molecule has 0 heterocycles. The number of benzene rings is 1. The van der Waals surface area contributed by atoms with Crippen LogP contribution in [0.15, 0.2) is 28.7 Å². The van der Waals surface area contributed by atoms with E-state index in [4.69, 9.17) is 9.47 Å². The maximum absolute atomic E-state index is 9.59. The Morgan fingerprint density at radius 1 is 1.20 bits per heavy atom. The summed E-state index contributed by atoms with van der Waals surface area (Å²) in [7, 11) is 1.75. The van der Waals surface area contributed by atoms with Gasteiger partial charge in [0.15, 0.2) is 0 Å². The summed E-state index contributed by atoms with van der Waals surface area (Å²) >= 11 is 3.53. The Hall–Kier alpha value is -0.420. The predicted octanol–water partition coefficient (Wildman–Crippen LogP) is 5.19. The Morgan fingerprint density at radius 3 is 2.52 bits per heavy atom. The minimum atomic E-state index is 0.0134. The van der Waals surface area contributed by atoms with E-state index in [1.54, 1.807) is 7.11 Å². The molecule has 2 rings (SSSR count). The molecular formula is C21H33BrO3. The number of aliphatic hydroxyl groups is 1. The Labute approximate surface area is 161 Å². The number of hydrogen-bond donors (Lipinski definition) is 1. The molecule has 0 spiro atoms. The summed E-state index contributed by atoms with van der Waals surface area (Å²) in [5.41, 5.74) is 1.19. The van der Waals surface area contributed by atoms with Gasteiger partial charge in [-0.1, -0.05) is 61.2 Å². The van der Waals surface area contributed by atoms with Crippen LogP contribution in [-0.4, -0.2) is 31.0 Å². The number of methoxy groups -OCH3 is 1. The van der Waals surface area contributed by atoms with Crippen LogP contribution in [0.3, 0.4) is 0 Å². The first-order chi connectivity index (χ1) is 12.1. The van der Waals surface area contributed by atoms with Gasteiger partial charge in [0, 0.05) is 30.0 Å². The lowest BCUT2D eigenvalue weighted by Crippen LogP contribution is -2.42. The summed E-state index contributed by atoms with van der Waals surface area (Å²) in [5, 5.41) is 9.59. The summed E-state index contributed by atoms with van der Waals surface area (Å²) in [6, 6.07) is 8.31. The van der Waals surface area contributed by atoms with Crippen LogP contribution in [0.1, 0.15) is 51.5 Å². The molecule has 1 N–H and O–H groups in total. The molecule has 1 saturated carbocycles. The maximum atomic E-state index is 9.59. The summed E-state index contributed by atoms with van der Waals surface area (Å²) < 4.78 is 13.3. The van der Waals surface area contributed by atoms with Crippen molar-refractivity contribution in [3.63, 3.8) is 0 Å². The molecule has 142 valence electrons. The minimum Gasteiger partial charge on any atom is -0.396 e. The van der Waals surface area contributed by atoms with E-state index in [0.29, 0.717) is 12.5 Å². The van der Waals surface area contributed by atoms with Gasteiger partial charge in [0.2, 0.25) is 0 Å². The normalized spacial score (nSPS) is 20.8. The highest BCUT2D eigenvalue weighted by Gasteiger charge is 2.35. The van der Waals surface area contributed by atoms with Gasteiger partial charge in [0.05, 0.1) is 18.8 Å². The average Bonchev–Trinajstić information content (AvgIpc) is 2.63. The maximum Gasteiger partial charge on any atom is 0.0721 e. The van der Waals surface area contributed by atoms with Crippen LogP contribution in [0.4, 0.5) is 0 Å². The van der Waals surface area contributed by atoms with Gasteiger partial charge in [-0.25, -0.2) is 0 Å². The van der Waals surface area contributed by atoms with Gasteiger partial charge in [-0.3, -0.25) is 0 Å². The summed E-state index contributed by atoms with van der Waals surface area (Å²) in [4.78, 5) is 0. The first kappa shape index (κ1) is 20.9. The molecule has 0 aliphatic heterocycles. The molecular weight excluding hydrogens is 380 g/mol. The van der Waals surface area contributed by atoms with Crippen molar-refractivity contribution >= 4 is 15.9 Å². The lowest BCUT2D eigenvalue weighted by molar-refractivity contribution is -0.102. The molecule has 4 atom stereocenters. The third-order valence-electron chi connectivity index (χ3n) is 5.60. The molecule has 25 heavy (non-hydrogen) atoms. The van der Waals surface area contributed by atoms with Crippen LogP contribution in [0.25, 0.3) is 0 Å². The SMILES string of the molecule is CO[C@@H]([C@H](C)[C@@H](OCc1cccc(Br)c1)C1CCCCC1)[C@@H](C)CO. The second kappa shape index (κ2) is 10.7. The van der Waals surface area contributed by atoms with Crippen LogP contribution < -0.4 is 0 Å². The third-order valence-corrected chi connectivity index (χ3v) is 6.10. The molecule has 0 unspecified atom stereocenters. The Morgan fingerprint density at radius 2 is 1.92 bits per heavy atom. The topological polar surface area (TPSA) is 38.7 Å². The largest absolute Gasteiger partial charge is 0.396 e. The lowest BCUT2D eigenvalue weighted by atomic mass is 9.77. The summed E-state index contributed by atoms with van der Waals surface area (Å²) in [6.45, 7) is 5.04. The van der Waals surface area contributed by atoms with Gasteiger partial charge < -0.3 is 14.6 Å². The van der Waals surface area contributed by atoms with Crippen molar-refractivity contribution in [2.45, 2.75) is 64.8 Å². The van der Waals surface area contributed by atoms with E-state index in [1.807, 2.05) is 12.1 Å². The van der Waals surface area contributed by atoms with E-state index in [0.717, 1.165) is 4.47 Å². The molecule has 3 nitrogen and oxygen atoms in total. The van der Waals surface area contributed by atoms with Gasteiger partial charge in [-0.05, 0) is 36.5 Å². The molecule has 4 heteroatoms. The molecule has 1 aromatic carbocycles. The molecule has 0 saturated heterocycles. The molecule has 0 amide bonds. The number of ether oxygens (including phenoxy) is 2. The summed E-state index contributed by atoms with van der Waals surface area (Å²) in [5.74, 6) is 0.947. The fraction of sp³-hybridized carbons (Fsp3) is 0.714. The number of rotatable bonds is 9. The molecule has 0 aromatic heterocycles. The van der Waals surface area contributed by atoms with Gasteiger partial charge in [-0.15, -0.1) is 0 Å². The Kier molecular flexibility index (Phi) is 8.91. The zero-order valence-electron chi connectivity index (χ0n) is 15.8. The number of halogens is 1. The van der Waals surface area contributed by atoms with E-state index >= 15 is 0 Å². The van der Waals surface area contributed by atoms with Crippen molar-refractivity contribution in [1.82, 2.24) is 0 Å². The Bertz CT molecular complexity index is 502. The average molecular weight is 413 g/mol. The van der Waals surface area contributed by atoms with Crippen molar-refractivity contribution in [3.05, 3.63) is 34.3 Å². The van der Waals surface area contributed by atoms with Crippen molar-refractivity contribution in [2.75, 3.05) is 13.7 Å². The standard InChI is InChI=1S/C21H33BrO3/c1-15(13-23)20(24-3)16(2)21(18-9-5-4-6-10-18)25-14-17-8-7-11-19(22)12-17/h7-8,11-12,15-16,18,20-21,23H,4-6,9-10,13-14H2,1-3H3/t15-,16-,20+,21+/m0/s1. The fourth-order valence-electron chi connectivity index (χ4n) is 4.26. The minimum absolute atomic E-state index is 0.0134. The van der Waals surface area contributed by atoms with Gasteiger partial charge in [-0.2, -0.15) is 0 Å². The van der Waals surface area contributed by atoms with Crippen LogP contribution in [0, 0.1) is 17.8 Å². The molecule has 0 bridgehead atoms. The Balaban J connectivity index is 2.11. The first-order valence-corrected chi connectivity index (χ1v) is 10.4. The second-order valence-electron chi connectivity index (χ2n) is 7.52. The number of aliphatic hydroxyl groups excluding tert-OH is 1. The first-order valence-electron chi connectivity index (χ1n) is 9.56. The third kappa shape index (κ3) is 6.06. The molecule has 0 radical (unpaired) electrons. The van der Waals surface area contributed by atoms with Crippen LogP contribution in [0.2, 0.25) is 0 Å². The quantitative estimate of drug-likeness (QED) is 0.605. The molecule has 1 fully saturated rings. The zero-order valence-corrected chi connectivity index (χ0v) is 17.4. The monoisotopic (exact) mass is 412 g/mol. The van der Waals surface area contributed by atoms with Crippen molar-refractivity contribution in [3.8, 4) is 0 Å². The van der Waals surface area contributed by atoms with Crippen molar-refractivity contribution in [1.29, 1.82) is 0 Å². The highest BCUT2D eigenvalue weighted by atomic mass is 79.9. The number of hydrogen-bond acceptors (Lipinski definition) is 3. The van der Waals surface area contributed by atoms with Gasteiger partial charge in [0.25, 0.3) is 0 Å². The zero-order chi connectivity index (χ0) is 18.2. The highest BCUT2D eigenvalue weighted by molar-refractivity contribution is 9.10. The predicted molar refractivity (Wildman–Crippen MR) is 106 cm³/mol.